The molecule has 24 heavy (non-hydrogen) atoms. The number of hydrogen-bond acceptors (Lipinski definition) is 1. The van der Waals surface area contributed by atoms with Crippen molar-refractivity contribution in [3.63, 3.8) is 0 Å². The van der Waals surface area contributed by atoms with Crippen molar-refractivity contribution in [1.82, 2.24) is 4.57 Å². The first kappa shape index (κ1) is 16.8. The molecule has 1 aromatic heterocycles. The molecule has 0 N–H and O–H groups in total. The fourth-order valence-electron chi connectivity index (χ4n) is 2.81. The lowest BCUT2D eigenvalue weighted by Crippen LogP contribution is -1.99. The first-order chi connectivity index (χ1) is 11.5. The molecule has 3 aromatic rings. The van der Waals surface area contributed by atoms with Gasteiger partial charge in [-0.1, -0.05) is 35.3 Å². The number of hydrogen-bond donors (Lipinski definition) is 0. The molecule has 0 radical (unpaired) electrons. The van der Waals surface area contributed by atoms with E-state index < -0.39 is 0 Å². The second-order valence-corrected chi connectivity index (χ2v) is 6.63. The smallest absolute Gasteiger partial charge is 0.0673 e. The highest BCUT2D eigenvalue weighted by Gasteiger charge is 2.10. The molecule has 3 rings (SSSR count). The quantitative estimate of drug-likeness (QED) is 0.479. The van der Waals surface area contributed by atoms with E-state index in [1.165, 1.54) is 0 Å². The van der Waals surface area contributed by atoms with Crippen molar-refractivity contribution in [3.05, 3.63) is 81.1 Å². The minimum Gasteiger partial charge on any atom is -0.318 e. The monoisotopic (exact) mass is 356 g/mol. The summed E-state index contributed by atoms with van der Waals surface area (Å²) in [7, 11) is 0. The maximum atomic E-state index is 6.16. The van der Waals surface area contributed by atoms with Crippen LogP contribution in [0, 0.1) is 20.8 Å². The molecular formula is C20H18Cl2N2. The molecule has 122 valence electrons. The molecule has 0 saturated heterocycles. The van der Waals surface area contributed by atoms with Crippen LogP contribution >= 0.6 is 23.2 Å². The van der Waals surface area contributed by atoms with Crippen LogP contribution in [0.1, 0.15) is 22.5 Å². The lowest BCUT2D eigenvalue weighted by Gasteiger charge is -2.09. The van der Waals surface area contributed by atoms with Crippen LogP contribution in [0.4, 0.5) is 5.69 Å². The van der Waals surface area contributed by atoms with Gasteiger partial charge >= 0.3 is 0 Å². The molecule has 0 unspecified atom stereocenters. The third kappa shape index (κ3) is 3.26. The summed E-state index contributed by atoms with van der Waals surface area (Å²) < 4.78 is 2.18. The molecule has 4 heteroatoms. The molecule has 0 aliphatic carbocycles. The van der Waals surface area contributed by atoms with Gasteiger partial charge in [-0.05, 0) is 62.7 Å². The van der Waals surface area contributed by atoms with Gasteiger partial charge in [0.15, 0.2) is 0 Å². The van der Waals surface area contributed by atoms with Gasteiger partial charge in [0.05, 0.1) is 5.69 Å². The van der Waals surface area contributed by atoms with Crippen molar-refractivity contribution in [2.75, 3.05) is 0 Å². The van der Waals surface area contributed by atoms with Gasteiger partial charge in [-0.25, -0.2) is 0 Å². The lowest BCUT2D eigenvalue weighted by molar-refractivity contribution is 0.965. The third-order valence-electron chi connectivity index (χ3n) is 4.12. The fraction of sp³-hybridized carbons (Fsp3) is 0.150. The highest BCUT2D eigenvalue weighted by atomic mass is 35.5. The van der Waals surface area contributed by atoms with Gasteiger partial charge in [0, 0.05) is 38.9 Å². The number of rotatable bonds is 3. The van der Waals surface area contributed by atoms with Crippen LogP contribution in [-0.2, 0) is 0 Å². The van der Waals surface area contributed by atoms with Crippen LogP contribution in [0.25, 0.3) is 5.69 Å². The number of benzene rings is 2. The standard InChI is InChI=1S/C20H18Cl2N2/c1-13-10-16(12-23-20-9-5-8-19(22)14(20)2)15(3)24(13)18-7-4-6-17(21)11-18/h4-12H,1-3H3. The highest BCUT2D eigenvalue weighted by molar-refractivity contribution is 6.31. The number of aromatic nitrogens is 1. The highest BCUT2D eigenvalue weighted by Crippen LogP contribution is 2.26. The van der Waals surface area contributed by atoms with Gasteiger partial charge in [-0.2, -0.15) is 0 Å². The summed E-state index contributed by atoms with van der Waals surface area (Å²) >= 11 is 12.3. The summed E-state index contributed by atoms with van der Waals surface area (Å²) in [4.78, 5) is 4.61. The van der Waals surface area contributed by atoms with E-state index in [1.54, 1.807) is 0 Å². The zero-order valence-electron chi connectivity index (χ0n) is 13.8. The van der Waals surface area contributed by atoms with Gasteiger partial charge < -0.3 is 4.57 Å². The van der Waals surface area contributed by atoms with Crippen LogP contribution in [-0.4, -0.2) is 10.8 Å². The minimum absolute atomic E-state index is 0.727. The molecular weight excluding hydrogens is 339 g/mol. The summed E-state index contributed by atoms with van der Waals surface area (Å²) in [5, 5.41) is 1.46. The van der Waals surface area contributed by atoms with E-state index in [0.29, 0.717) is 0 Å². The fourth-order valence-corrected chi connectivity index (χ4v) is 3.16. The van der Waals surface area contributed by atoms with Crippen LogP contribution < -0.4 is 0 Å². The molecule has 0 aliphatic rings. The molecule has 2 aromatic carbocycles. The Morgan fingerprint density at radius 2 is 1.71 bits per heavy atom. The molecule has 0 atom stereocenters. The summed E-state index contributed by atoms with van der Waals surface area (Å²) in [6.45, 7) is 6.14. The summed E-state index contributed by atoms with van der Waals surface area (Å²) in [5.74, 6) is 0. The van der Waals surface area contributed by atoms with Gasteiger partial charge in [0.25, 0.3) is 0 Å². The van der Waals surface area contributed by atoms with Crippen molar-refractivity contribution in [3.8, 4) is 5.69 Å². The molecule has 0 spiro atoms. The second kappa shape index (κ2) is 6.84. The molecule has 0 saturated carbocycles. The number of nitrogens with zero attached hydrogens (tertiary/aromatic N) is 2. The first-order valence-electron chi connectivity index (χ1n) is 7.71. The Morgan fingerprint density at radius 3 is 2.46 bits per heavy atom. The number of halogens is 2. The Bertz CT molecular complexity index is 923. The average molecular weight is 357 g/mol. The SMILES string of the molecule is Cc1c(Cl)cccc1N=Cc1cc(C)n(-c2cccc(Cl)c2)c1C. The molecule has 1 heterocycles. The van der Waals surface area contributed by atoms with Crippen molar-refractivity contribution < 1.29 is 0 Å². The Morgan fingerprint density at radius 1 is 0.958 bits per heavy atom. The van der Waals surface area contributed by atoms with E-state index in [0.717, 1.165) is 43.9 Å². The number of aryl methyl sites for hydroxylation is 1. The Kier molecular flexibility index (Phi) is 4.79. The summed E-state index contributed by atoms with van der Waals surface area (Å²) in [6.07, 6.45) is 1.89. The van der Waals surface area contributed by atoms with Crippen LogP contribution in [0.2, 0.25) is 10.0 Å². The van der Waals surface area contributed by atoms with Crippen molar-refractivity contribution in [2.45, 2.75) is 20.8 Å². The topological polar surface area (TPSA) is 17.3 Å². The Labute approximate surface area is 152 Å². The van der Waals surface area contributed by atoms with E-state index in [4.69, 9.17) is 23.2 Å². The third-order valence-corrected chi connectivity index (χ3v) is 4.76. The van der Waals surface area contributed by atoms with Gasteiger partial charge in [0.1, 0.15) is 0 Å². The number of aliphatic imine (C=N–C) groups is 1. The van der Waals surface area contributed by atoms with E-state index in [9.17, 15) is 0 Å². The normalized spacial score (nSPS) is 11.4. The molecule has 2 nitrogen and oxygen atoms in total. The van der Waals surface area contributed by atoms with Gasteiger partial charge in [-0.15, -0.1) is 0 Å². The van der Waals surface area contributed by atoms with E-state index >= 15 is 0 Å². The molecule has 0 amide bonds. The second-order valence-electron chi connectivity index (χ2n) is 5.78. The lowest BCUT2D eigenvalue weighted by atomic mass is 10.2. The Hall–Kier alpha value is -2.03. The van der Waals surface area contributed by atoms with Gasteiger partial charge in [-0.3, -0.25) is 4.99 Å². The maximum Gasteiger partial charge on any atom is 0.0673 e. The zero-order chi connectivity index (χ0) is 17.3. The summed E-state index contributed by atoms with van der Waals surface area (Å²) in [5.41, 5.74) is 6.26. The molecule has 0 aliphatic heterocycles. The van der Waals surface area contributed by atoms with Gasteiger partial charge in [0.2, 0.25) is 0 Å². The van der Waals surface area contributed by atoms with Crippen LogP contribution in [0.15, 0.2) is 53.5 Å². The van der Waals surface area contributed by atoms with Crippen molar-refractivity contribution in [2.24, 2.45) is 4.99 Å². The minimum atomic E-state index is 0.727. The van der Waals surface area contributed by atoms with Crippen LogP contribution in [0.3, 0.4) is 0 Å². The predicted octanol–water partition coefficient (Wildman–Crippen LogP) is 6.46. The zero-order valence-corrected chi connectivity index (χ0v) is 15.4. The maximum absolute atomic E-state index is 6.16. The predicted molar refractivity (Wildman–Crippen MR) is 104 cm³/mol. The van der Waals surface area contributed by atoms with E-state index in [2.05, 4.69) is 29.5 Å². The van der Waals surface area contributed by atoms with Crippen LogP contribution in [0.5, 0.6) is 0 Å². The largest absolute Gasteiger partial charge is 0.318 e. The molecule has 0 bridgehead atoms. The van der Waals surface area contributed by atoms with E-state index in [1.807, 2.05) is 55.6 Å². The average Bonchev–Trinajstić information content (AvgIpc) is 2.83. The van der Waals surface area contributed by atoms with Crippen molar-refractivity contribution in [1.29, 1.82) is 0 Å². The van der Waals surface area contributed by atoms with Crippen molar-refractivity contribution >= 4 is 35.1 Å². The summed E-state index contributed by atoms with van der Waals surface area (Å²) in [6, 6.07) is 15.7. The van der Waals surface area contributed by atoms with E-state index in [-0.39, 0.29) is 0 Å². The molecule has 0 fully saturated rings. The first-order valence-corrected chi connectivity index (χ1v) is 8.47. The Balaban J connectivity index is 2.00.